The third kappa shape index (κ3) is 5.20. The molecule has 0 unspecified atom stereocenters. The van der Waals surface area contributed by atoms with Gasteiger partial charge in [0.2, 0.25) is 15.9 Å². The van der Waals surface area contributed by atoms with E-state index >= 15 is 0 Å². The van der Waals surface area contributed by atoms with Gasteiger partial charge in [-0.1, -0.05) is 36.2 Å². The number of amides is 1. The molecule has 0 bridgehead atoms. The zero-order valence-corrected chi connectivity index (χ0v) is 20.1. The summed E-state index contributed by atoms with van der Waals surface area (Å²) in [6.45, 7) is 2.92. The largest absolute Gasteiger partial charge is 0.325 e. The highest BCUT2D eigenvalue weighted by Crippen LogP contribution is 2.27. The van der Waals surface area contributed by atoms with Gasteiger partial charge in [0.15, 0.2) is 0 Å². The summed E-state index contributed by atoms with van der Waals surface area (Å²) >= 11 is 7.40. The SMILES string of the molecule is Cc1ccc(S(=O)(=O)N2CCCCC2)cc1NC(=O)Cc1csc(-c2ccc(Cl)cc2)n1. The highest BCUT2D eigenvalue weighted by molar-refractivity contribution is 7.89. The van der Waals surface area contributed by atoms with E-state index in [1.165, 1.54) is 15.6 Å². The van der Waals surface area contributed by atoms with Gasteiger partial charge >= 0.3 is 0 Å². The summed E-state index contributed by atoms with van der Waals surface area (Å²) in [6.07, 6.45) is 2.91. The maximum absolute atomic E-state index is 13.0. The maximum Gasteiger partial charge on any atom is 0.243 e. The van der Waals surface area contributed by atoms with E-state index in [-0.39, 0.29) is 17.2 Å². The molecule has 4 rings (SSSR count). The fraction of sp³-hybridized carbons (Fsp3) is 0.304. The summed E-state index contributed by atoms with van der Waals surface area (Å²) in [7, 11) is -3.56. The van der Waals surface area contributed by atoms with Crippen LogP contribution in [0.4, 0.5) is 5.69 Å². The van der Waals surface area contributed by atoms with Crippen LogP contribution in [0.15, 0.2) is 52.7 Å². The van der Waals surface area contributed by atoms with Crippen molar-refractivity contribution in [3.63, 3.8) is 0 Å². The Kier molecular flexibility index (Phi) is 6.95. The molecule has 1 N–H and O–H groups in total. The van der Waals surface area contributed by atoms with Gasteiger partial charge in [-0.05, 0) is 49.6 Å². The summed E-state index contributed by atoms with van der Waals surface area (Å²) in [6, 6.07) is 12.3. The minimum atomic E-state index is -3.56. The van der Waals surface area contributed by atoms with Crippen LogP contribution in [-0.4, -0.2) is 36.7 Å². The lowest BCUT2D eigenvalue weighted by atomic mass is 10.2. The molecule has 32 heavy (non-hydrogen) atoms. The van der Waals surface area contributed by atoms with Crippen molar-refractivity contribution in [1.82, 2.24) is 9.29 Å². The lowest BCUT2D eigenvalue weighted by Crippen LogP contribution is -2.35. The second-order valence-electron chi connectivity index (χ2n) is 7.82. The van der Waals surface area contributed by atoms with Crippen LogP contribution in [0.1, 0.15) is 30.5 Å². The van der Waals surface area contributed by atoms with Crippen molar-refractivity contribution in [3.05, 3.63) is 64.1 Å². The van der Waals surface area contributed by atoms with Crippen LogP contribution in [0.2, 0.25) is 5.02 Å². The van der Waals surface area contributed by atoms with Crippen LogP contribution in [-0.2, 0) is 21.2 Å². The second kappa shape index (κ2) is 9.70. The number of aromatic nitrogens is 1. The van der Waals surface area contributed by atoms with E-state index in [2.05, 4.69) is 10.3 Å². The highest BCUT2D eigenvalue weighted by atomic mass is 35.5. The molecule has 6 nitrogen and oxygen atoms in total. The lowest BCUT2D eigenvalue weighted by Gasteiger charge is -2.26. The Labute approximate surface area is 197 Å². The fourth-order valence-electron chi connectivity index (χ4n) is 3.62. The van der Waals surface area contributed by atoms with Crippen LogP contribution >= 0.6 is 22.9 Å². The number of anilines is 1. The topological polar surface area (TPSA) is 79.4 Å². The summed E-state index contributed by atoms with van der Waals surface area (Å²) in [4.78, 5) is 17.4. The zero-order valence-electron chi connectivity index (χ0n) is 17.7. The van der Waals surface area contributed by atoms with Crippen molar-refractivity contribution in [2.24, 2.45) is 0 Å². The monoisotopic (exact) mass is 489 g/mol. The predicted molar refractivity (Wildman–Crippen MR) is 129 cm³/mol. The third-order valence-corrected chi connectivity index (χ3v) is 8.51. The van der Waals surface area contributed by atoms with E-state index in [4.69, 9.17) is 11.6 Å². The molecule has 0 aliphatic carbocycles. The number of sulfonamides is 1. The predicted octanol–water partition coefficient (Wildman–Crippen LogP) is 5.13. The molecule has 168 valence electrons. The quantitative estimate of drug-likeness (QED) is 0.520. The third-order valence-electron chi connectivity index (χ3n) is 5.42. The number of rotatable bonds is 6. The number of aryl methyl sites for hydroxylation is 1. The number of carbonyl (C=O) groups is 1. The van der Waals surface area contributed by atoms with Gasteiger partial charge in [-0.25, -0.2) is 13.4 Å². The Hall–Kier alpha value is -2.26. The normalized spacial score (nSPS) is 14.9. The Balaban J connectivity index is 1.46. The van der Waals surface area contributed by atoms with Crippen molar-refractivity contribution in [3.8, 4) is 10.6 Å². The summed E-state index contributed by atoms with van der Waals surface area (Å²) in [5, 5.41) is 6.18. The molecule has 1 aliphatic rings. The lowest BCUT2D eigenvalue weighted by molar-refractivity contribution is -0.115. The minimum Gasteiger partial charge on any atom is -0.325 e. The Morgan fingerprint density at radius 2 is 1.84 bits per heavy atom. The molecule has 2 heterocycles. The van der Waals surface area contributed by atoms with Crippen molar-refractivity contribution in [2.45, 2.75) is 37.5 Å². The molecular weight excluding hydrogens is 466 g/mol. The van der Waals surface area contributed by atoms with E-state index < -0.39 is 10.0 Å². The average molecular weight is 490 g/mol. The Bertz CT molecular complexity index is 1220. The van der Waals surface area contributed by atoms with Gasteiger partial charge in [0.05, 0.1) is 17.0 Å². The molecular formula is C23H24ClN3O3S2. The molecule has 2 aromatic carbocycles. The molecule has 1 saturated heterocycles. The molecule has 3 aromatic rings. The van der Waals surface area contributed by atoms with Crippen molar-refractivity contribution in [1.29, 1.82) is 0 Å². The van der Waals surface area contributed by atoms with Crippen LogP contribution < -0.4 is 5.32 Å². The van der Waals surface area contributed by atoms with Gasteiger partial charge in [-0.2, -0.15) is 4.31 Å². The zero-order chi connectivity index (χ0) is 22.7. The summed E-state index contributed by atoms with van der Waals surface area (Å²) in [5.74, 6) is -0.242. The highest BCUT2D eigenvalue weighted by Gasteiger charge is 2.26. The van der Waals surface area contributed by atoms with Gasteiger partial charge in [-0.3, -0.25) is 4.79 Å². The molecule has 1 amide bonds. The fourth-order valence-corrected chi connectivity index (χ4v) is 6.12. The molecule has 9 heteroatoms. The molecule has 0 saturated carbocycles. The van der Waals surface area contributed by atoms with Gasteiger partial charge < -0.3 is 5.32 Å². The van der Waals surface area contributed by atoms with E-state index in [1.54, 1.807) is 30.3 Å². The number of hydrogen-bond donors (Lipinski definition) is 1. The number of halogens is 1. The first kappa shape index (κ1) is 22.9. The van der Waals surface area contributed by atoms with E-state index in [1.807, 2.05) is 24.4 Å². The van der Waals surface area contributed by atoms with Gasteiger partial charge in [0.25, 0.3) is 0 Å². The molecule has 1 aromatic heterocycles. The standard InChI is InChI=1S/C23H24ClN3O3S2/c1-16-5-10-20(32(29,30)27-11-3-2-4-12-27)14-21(16)26-22(28)13-19-15-31-23(25-19)17-6-8-18(24)9-7-17/h5-10,14-15H,2-4,11-13H2,1H3,(H,26,28). The van der Waals surface area contributed by atoms with Crippen LogP contribution in [0.3, 0.4) is 0 Å². The molecule has 1 fully saturated rings. The Morgan fingerprint density at radius 3 is 2.56 bits per heavy atom. The van der Waals surface area contributed by atoms with E-state index in [0.717, 1.165) is 35.4 Å². The molecule has 0 radical (unpaired) electrons. The van der Waals surface area contributed by atoms with Gasteiger partial charge in [-0.15, -0.1) is 11.3 Å². The smallest absolute Gasteiger partial charge is 0.243 e. The number of thiazole rings is 1. The number of nitrogens with zero attached hydrogens (tertiary/aromatic N) is 2. The number of carbonyl (C=O) groups excluding carboxylic acids is 1. The number of benzene rings is 2. The van der Waals surface area contributed by atoms with Crippen LogP contribution in [0, 0.1) is 6.92 Å². The van der Waals surface area contributed by atoms with Crippen molar-refractivity contribution >= 4 is 44.6 Å². The number of nitrogens with one attached hydrogen (secondary N) is 1. The molecule has 0 atom stereocenters. The van der Waals surface area contributed by atoms with Crippen molar-refractivity contribution < 1.29 is 13.2 Å². The molecule has 0 spiro atoms. The van der Waals surface area contributed by atoms with Crippen LogP contribution in [0.25, 0.3) is 10.6 Å². The van der Waals surface area contributed by atoms with Crippen LogP contribution in [0.5, 0.6) is 0 Å². The maximum atomic E-state index is 13.0. The number of hydrogen-bond acceptors (Lipinski definition) is 5. The first-order valence-corrected chi connectivity index (χ1v) is 13.1. The first-order chi connectivity index (χ1) is 15.3. The van der Waals surface area contributed by atoms with E-state index in [0.29, 0.717) is 29.5 Å². The molecule has 1 aliphatic heterocycles. The van der Waals surface area contributed by atoms with Crippen molar-refractivity contribution in [2.75, 3.05) is 18.4 Å². The second-order valence-corrected chi connectivity index (χ2v) is 11.0. The van der Waals surface area contributed by atoms with E-state index in [9.17, 15) is 13.2 Å². The summed E-state index contributed by atoms with van der Waals surface area (Å²) < 4.78 is 27.5. The number of piperidine rings is 1. The average Bonchev–Trinajstić information content (AvgIpc) is 3.24. The summed E-state index contributed by atoms with van der Waals surface area (Å²) in [5.41, 5.74) is 2.90. The van der Waals surface area contributed by atoms with Gasteiger partial charge in [0, 0.05) is 34.7 Å². The van der Waals surface area contributed by atoms with Gasteiger partial charge in [0.1, 0.15) is 5.01 Å². The first-order valence-electron chi connectivity index (χ1n) is 10.4. The minimum absolute atomic E-state index is 0.104. The Morgan fingerprint density at radius 1 is 1.12 bits per heavy atom.